The van der Waals surface area contributed by atoms with Crippen LogP contribution in [0.15, 0.2) is 65.7 Å². The molecule has 6 nitrogen and oxygen atoms in total. The predicted octanol–water partition coefficient (Wildman–Crippen LogP) is 2.88. The minimum absolute atomic E-state index is 0.453. The highest BCUT2D eigenvalue weighted by Gasteiger charge is 2.16. The molecule has 2 aromatic rings. The predicted molar refractivity (Wildman–Crippen MR) is 130 cm³/mol. The molecule has 0 aliphatic carbocycles. The van der Waals surface area contributed by atoms with Gasteiger partial charge in [-0.05, 0) is 37.5 Å². The molecular weight excluding hydrogens is 386 g/mol. The smallest absolute Gasteiger partial charge is 0.191 e. The van der Waals surface area contributed by atoms with Gasteiger partial charge >= 0.3 is 0 Å². The van der Waals surface area contributed by atoms with Crippen molar-refractivity contribution in [3.63, 3.8) is 0 Å². The number of rotatable bonds is 10. The third kappa shape index (κ3) is 7.89. The van der Waals surface area contributed by atoms with E-state index in [9.17, 15) is 5.11 Å². The maximum absolute atomic E-state index is 10.3. The molecule has 0 spiro atoms. The molecule has 0 bridgehead atoms. The number of nitrogens with zero attached hydrogens (tertiary/aromatic N) is 3. The molecule has 1 aliphatic rings. The van der Waals surface area contributed by atoms with Crippen LogP contribution in [0.5, 0.6) is 0 Å². The lowest BCUT2D eigenvalue weighted by Crippen LogP contribution is -2.46. The zero-order valence-corrected chi connectivity index (χ0v) is 18.7. The largest absolute Gasteiger partial charge is 0.388 e. The minimum Gasteiger partial charge on any atom is -0.388 e. The Hall–Kier alpha value is -2.57. The van der Waals surface area contributed by atoms with Gasteiger partial charge in [0.05, 0.1) is 6.10 Å². The Balaban J connectivity index is 1.33. The topological polar surface area (TPSA) is 63.1 Å². The quantitative estimate of drug-likeness (QED) is 0.312. The first-order valence-electron chi connectivity index (χ1n) is 11.5. The second kappa shape index (κ2) is 13.0. The van der Waals surface area contributed by atoms with Crippen LogP contribution < -0.4 is 15.5 Å². The molecule has 1 atom stereocenters. The Morgan fingerprint density at radius 2 is 1.65 bits per heavy atom. The molecule has 0 saturated carbocycles. The van der Waals surface area contributed by atoms with Crippen molar-refractivity contribution >= 4 is 11.6 Å². The molecule has 31 heavy (non-hydrogen) atoms. The van der Waals surface area contributed by atoms with Crippen LogP contribution >= 0.6 is 0 Å². The Labute approximate surface area is 187 Å². The molecule has 6 heteroatoms. The summed E-state index contributed by atoms with van der Waals surface area (Å²) in [6, 6.07) is 20.5. The number of anilines is 1. The van der Waals surface area contributed by atoms with Gasteiger partial charge < -0.3 is 20.6 Å². The van der Waals surface area contributed by atoms with Crippen LogP contribution in [0.2, 0.25) is 0 Å². The van der Waals surface area contributed by atoms with Gasteiger partial charge in [0.25, 0.3) is 0 Å². The first-order chi connectivity index (χ1) is 15.3. The van der Waals surface area contributed by atoms with E-state index in [-0.39, 0.29) is 0 Å². The van der Waals surface area contributed by atoms with Crippen LogP contribution in [0.4, 0.5) is 5.69 Å². The maximum atomic E-state index is 10.3. The van der Waals surface area contributed by atoms with Gasteiger partial charge in [-0.15, -0.1) is 0 Å². The van der Waals surface area contributed by atoms with Crippen molar-refractivity contribution in [2.45, 2.75) is 25.9 Å². The average Bonchev–Trinajstić information content (AvgIpc) is 2.83. The molecule has 1 fully saturated rings. The highest BCUT2D eigenvalue weighted by Crippen LogP contribution is 2.16. The molecule has 0 amide bonds. The lowest BCUT2D eigenvalue weighted by Gasteiger charge is -2.36. The second-order valence-corrected chi connectivity index (χ2v) is 7.92. The van der Waals surface area contributed by atoms with Crippen LogP contribution in [-0.4, -0.2) is 68.3 Å². The molecule has 1 heterocycles. The minimum atomic E-state index is -0.453. The number of piperazine rings is 1. The Bertz CT molecular complexity index is 760. The van der Waals surface area contributed by atoms with E-state index in [0.717, 1.165) is 63.8 Å². The number of para-hydroxylation sites is 1. The van der Waals surface area contributed by atoms with E-state index in [1.807, 2.05) is 30.3 Å². The number of aliphatic imine (C=N–C) groups is 1. The first-order valence-corrected chi connectivity index (χ1v) is 11.5. The van der Waals surface area contributed by atoms with E-state index >= 15 is 0 Å². The number of aliphatic hydroxyl groups is 1. The summed E-state index contributed by atoms with van der Waals surface area (Å²) in [6.45, 7) is 9.85. The van der Waals surface area contributed by atoms with Gasteiger partial charge in [0.2, 0.25) is 0 Å². The van der Waals surface area contributed by atoms with Crippen molar-refractivity contribution < 1.29 is 5.11 Å². The van der Waals surface area contributed by atoms with E-state index in [1.165, 1.54) is 5.69 Å². The van der Waals surface area contributed by atoms with E-state index in [2.05, 4.69) is 57.7 Å². The van der Waals surface area contributed by atoms with Gasteiger partial charge in [-0.25, -0.2) is 0 Å². The van der Waals surface area contributed by atoms with Crippen LogP contribution in [0.1, 0.15) is 31.4 Å². The van der Waals surface area contributed by atoms with Crippen molar-refractivity contribution in [1.29, 1.82) is 0 Å². The molecule has 168 valence electrons. The van der Waals surface area contributed by atoms with Crippen LogP contribution in [0.3, 0.4) is 0 Å². The molecule has 3 N–H and O–H groups in total. The first kappa shape index (κ1) is 23.1. The summed E-state index contributed by atoms with van der Waals surface area (Å²) in [7, 11) is 0. The van der Waals surface area contributed by atoms with Crippen molar-refractivity contribution in [2.24, 2.45) is 4.99 Å². The van der Waals surface area contributed by atoms with Crippen molar-refractivity contribution in [3.8, 4) is 0 Å². The van der Waals surface area contributed by atoms with Crippen LogP contribution in [0, 0.1) is 0 Å². The van der Waals surface area contributed by atoms with Gasteiger partial charge in [-0.2, -0.15) is 0 Å². The van der Waals surface area contributed by atoms with Crippen LogP contribution in [-0.2, 0) is 0 Å². The SMILES string of the molecule is CCNC(=NCCCN1CCN(c2ccccc2)CC1)NCCC(O)c1ccccc1. The number of hydrogen-bond acceptors (Lipinski definition) is 4. The van der Waals surface area contributed by atoms with Crippen molar-refractivity contribution in [1.82, 2.24) is 15.5 Å². The molecular formula is C25H37N5O. The third-order valence-corrected chi connectivity index (χ3v) is 5.63. The van der Waals surface area contributed by atoms with Gasteiger partial charge in [-0.3, -0.25) is 9.89 Å². The second-order valence-electron chi connectivity index (χ2n) is 7.92. The van der Waals surface area contributed by atoms with Crippen molar-refractivity contribution in [2.75, 3.05) is 57.3 Å². The van der Waals surface area contributed by atoms with E-state index < -0.39 is 6.10 Å². The lowest BCUT2D eigenvalue weighted by molar-refractivity contribution is 0.168. The molecule has 1 saturated heterocycles. The van der Waals surface area contributed by atoms with Gasteiger partial charge in [0.1, 0.15) is 0 Å². The number of benzene rings is 2. The lowest BCUT2D eigenvalue weighted by atomic mass is 10.1. The zero-order valence-electron chi connectivity index (χ0n) is 18.7. The summed E-state index contributed by atoms with van der Waals surface area (Å²) >= 11 is 0. The fourth-order valence-corrected chi connectivity index (χ4v) is 3.86. The van der Waals surface area contributed by atoms with Gasteiger partial charge in [0, 0.05) is 58.0 Å². The Morgan fingerprint density at radius 3 is 2.32 bits per heavy atom. The number of guanidine groups is 1. The third-order valence-electron chi connectivity index (χ3n) is 5.63. The van der Waals surface area contributed by atoms with Gasteiger partial charge in [0.15, 0.2) is 5.96 Å². The Morgan fingerprint density at radius 1 is 0.968 bits per heavy atom. The zero-order chi connectivity index (χ0) is 21.7. The fraction of sp³-hybridized carbons (Fsp3) is 0.480. The van der Waals surface area contributed by atoms with Crippen molar-refractivity contribution in [3.05, 3.63) is 66.2 Å². The summed E-state index contributed by atoms with van der Waals surface area (Å²) in [4.78, 5) is 9.70. The fourth-order valence-electron chi connectivity index (χ4n) is 3.86. The monoisotopic (exact) mass is 423 g/mol. The molecule has 1 aliphatic heterocycles. The summed E-state index contributed by atoms with van der Waals surface area (Å²) in [5.41, 5.74) is 2.28. The number of nitrogens with one attached hydrogen (secondary N) is 2. The van der Waals surface area contributed by atoms with E-state index in [0.29, 0.717) is 13.0 Å². The van der Waals surface area contributed by atoms with E-state index in [4.69, 9.17) is 4.99 Å². The maximum Gasteiger partial charge on any atom is 0.191 e. The average molecular weight is 424 g/mol. The standard InChI is InChI=1S/C25H37N5O/c1-2-26-25(28-16-14-24(31)22-10-5-3-6-11-22)27-15-9-17-29-18-20-30(21-19-29)23-12-7-4-8-13-23/h3-8,10-13,24,31H,2,9,14-21H2,1H3,(H2,26,27,28). The number of aliphatic hydroxyl groups excluding tert-OH is 1. The summed E-state index contributed by atoms with van der Waals surface area (Å²) in [5.74, 6) is 0.830. The number of hydrogen-bond donors (Lipinski definition) is 3. The highest BCUT2D eigenvalue weighted by molar-refractivity contribution is 5.79. The molecule has 3 rings (SSSR count). The summed E-state index contributed by atoms with van der Waals surface area (Å²) < 4.78 is 0. The normalized spacial score (nSPS) is 16.2. The highest BCUT2D eigenvalue weighted by atomic mass is 16.3. The molecule has 0 radical (unpaired) electrons. The molecule has 2 aromatic carbocycles. The van der Waals surface area contributed by atoms with Gasteiger partial charge in [-0.1, -0.05) is 48.5 Å². The molecule has 0 aromatic heterocycles. The van der Waals surface area contributed by atoms with E-state index in [1.54, 1.807) is 0 Å². The Kier molecular flexibility index (Phi) is 9.67. The summed E-state index contributed by atoms with van der Waals surface area (Å²) in [5, 5.41) is 16.9. The summed E-state index contributed by atoms with van der Waals surface area (Å²) in [6.07, 6.45) is 1.25. The molecule has 1 unspecified atom stereocenters. The van der Waals surface area contributed by atoms with Crippen LogP contribution in [0.25, 0.3) is 0 Å².